The van der Waals surface area contributed by atoms with Crippen LogP contribution in [0.3, 0.4) is 0 Å². The van der Waals surface area contributed by atoms with Crippen molar-refractivity contribution in [2.24, 2.45) is 34.7 Å². The van der Waals surface area contributed by atoms with Crippen LogP contribution in [0.5, 0.6) is 0 Å². The monoisotopic (exact) mass is 352 g/mol. The van der Waals surface area contributed by atoms with Crippen molar-refractivity contribution in [1.82, 2.24) is 4.90 Å². The standard InChI is InChI=1S/C23H32N2O/c1-3-8-17(9-4-1)16-26-24-23-21-14-20(18-10-7-11-19(18)21)22(23)15-25-12-5-2-6-13-25/h1,3-4,8-9,18-22H,2,5-7,10-16H2/b24-23-/t18-,19+,20-,21+,22-/m1/s1. The number of piperidine rings is 1. The minimum Gasteiger partial charge on any atom is -0.391 e. The summed E-state index contributed by atoms with van der Waals surface area (Å²) < 4.78 is 0. The Morgan fingerprint density at radius 1 is 0.923 bits per heavy atom. The van der Waals surface area contributed by atoms with Crippen molar-refractivity contribution in [2.75, 3.05) is 19.6 Å². The molecule has 0 spiro atoms. The van der Waals surface area contributed by atoms with Crippen molar-refractivity contribution < 1.29 is 4.84 Å². The minimum atomic E-state index is 0.603. The van der Waals surface area contributed by atoms with Crippen molar-refractivity contribution in [3.05, 3.63) is 35.9 Å². The van der Waals surface area contributed by atoms with Crippen molar-refractivity contribution in [2.45, 2.75) is 51.6 Å². The lowest BCUT2D eigenvalue weighted by Gasteiger charge is -2.37. The molecule has 26 heavy (non-hydrogen) atoms. The van der Waals surface area contributed by atoms with Crippen LogP contribution in [0.1, 0.15) is 50.5 Å². The van der Waals surface area contributed by atoms with Crippen LogP contribution in [0, 0.1) is 29.6 Å². The van der Waals surface area contributed by atoms with E-state index in [2.05, 4.69) is 35.2 Å². The van der Waals surface area contributed by atoms with Gasteiger partial charge in [-0.05, 0) is 68.5 Å². The van der Waals surface area contributed by atoms with Gasteiger partial charge >= 0.3 is 0 Å². The molecule has 1 heterocycles. The van der Waals surface area contributed by atoms with E-state index in [1.807, 2.05) is 0 Å². The summed E-state index contributed by atoms with van der Waals surface area (Å²) in [5.41, 5.74) is 2.64. The Labute approximate surface area is 157 Å². The molecule has 140 valence electrons. The van der Waals surface area contributed by atoms with Gasteiger partial charge in [0.05, 0.1) is 5.71 Å². The van der Waals surface area contributed by atoms with E-state index in [4.69, 9.17) is 9.99 Å². The molecule has 2 bridgehead atoms. The second kappa shape index (κ2) is 7.34. The van der Waals surface area contributed by atoms with E-state index in [0.717, 1.165) is 23.7 Å². The van der Waals surface area contributed by atoms with E-state index in [0.29, 0.717) is 12.5 Å². The van der Waals surface area contributed by atoms with Crippen LogP contribution in [0.15, 0.2) is 35.5 Å². The molecule has 0 unspecified atom stereocenters. The molecular formula is C23H32N2O. The van der Waals surface area contributed by atoms with Crippen LogP contribution < -0.4 is 0 Å². The van der Waals surface area contributed by atoms with Gasteiger partial charge in [-0.25, -0.2) is 0 Å². The summed E-state index contributed by atoms with van der Waals surface area (Å²) in [5.74, 6) is 4.17. The molecule has 1 aromatic carbocycles. The number of likely N-dealkylation sites (tertiary alicyclic amines) is 1. The third kappa shape index (κ3) is 3.09. The molecule has 0 aromatic heterocycles. The molecule has 1 aliphatic heterocycles. The van der Waals surface area contributed by atoms with Crippen molar-refractivity contribution in [3.8, 4) is 0 Å². The molecule has 3 aliphatic carbocycles. The van der Waals surface area contributed by atoms with Gasteiger partial charge in [0.2, 0.25) is 0 Å². The number of rotatable bonds is 5. The highest BCUT2D eigenvalue weighted by atomic mass is 16.6. The Morgan fingerprint density at radius 2 is 1.73 bits per heavy atom. The Morgan fingerprint density at radius 3 is 2.58 bits per heavy atom. The van der Waals surface area contributed by atoms with Crippen LogP contribution >= 0.6 is 0 Å². The molecule has 1 aromatic rings. The average molecular weight is 353 g/mol. The zero-order valence-corrected chi connectivity index (χ0v) is 15.9. The largest absolute Gasteiger partial charge is 0.391 e. The first-order valence-electron chi connectivity index (χ1n) is 10.9. The lowest BCUT2D eigenvalue weighted by atomic mass is 9.74. The quantitative estimate of drug-likeness (QED) is 0.716. The van der Waals surface area contributed by atoms with Crippen LogP contribution in [0.2, 0.25) is 0 Å². The first kappa shape index (κ1) is 16.8. The Hall–Kier alpha value is -1.35. The zero-order chi connectivity index (χ0) is 17.3. The summed E-state index contributed by atoms with van der Waals surface area (Å²) in [5, 5.41) is 4.80. The highest BCUT2D eigenvalue weighted by Gasteiger charge is 2.57. The van der Waals surface area contributed by atoms with Crippen molar-refractivity contribution in [3.63, 3.8) is 0 Å². The van der Waals surface area contributed by atoms with E-state index < -0.39 is 0 Å². The van der Waals surface area contributed by atoms with Gasteiger partial charge in [-0.2, -0.15) is 0 Å². The molecule has 5 rings (SSSR count). The second-order valence-electron chi connectivity index (χ2n) is 9.01. The number of oxime groups is 1. The van der Waals surface area contributed by atoms with E-state index in [1.165, 1.54) is 75.9 Å². The molecule has 5 atom stereocenters. The predicted octanol–water partition coefficient (Wildman–Crippen LogP) is 4.73. The number of hydrogen-bond acceptors (Lipinski definition) is 3. The smallest absolute Gasteiger partial charge is 0.142 e. The normalized spacial score (nSPS) is 38.0. The van der Waals surface area contributed by atoms with Gasteiger partial charge in [0.25, 0.3) is 0 Å². The molecule has 3 nitrogen and oxygen atoms in total. The number of nitrogens with zero attached hydrogens (tertiary/aromatic N) is 2. The molecule has 4 aliphatic rings. The molecule has 3 heteroatoms. The van der Waals surface area contributed by atoms with Crippen LogP contribution in [-0.4, -0.2) is 30.2 Å². The molecule has 3 saturated carbocycles. The molecule has 1 saturated heterocycles. The van der Waals surface area contributed by atoms with Gasteiger partial charge in [-0.15, -0.1) is 0 Å². The second-order valence-corrected chi connectivity index (χ2v) is 9.01. The number of fused-ring (bicyclic) bond motifs is 5. The zero-order valence-electron chi connectivity index (χ0n) is 15.9. The predicted molar refractivity (Wildman–Crippen MR) is 105 cm³/mol. The maximum absolute atomic E-state index is 5.89. The lowest BCUT2D eigenvalue weighted by Crippen LogP contribution is -2.42. The van der Waals surface area contributed by atoms with E-state index in [1.54, 1.807) is 0 Å². The Kier molecular flexibility index (Phi) is 4.74. The summed E-state index contributed by atoms with van der Waals surface area (Å²) in [6, 6.07) is 10.5. The molecule has 4 fully saturated rings. The summed E-state index contributed by atoms with van der Waals surface area (Å²) in [6.07, 6.45) is 9.91. The molecular weight excluding hydrogens is 320 g/mol. The number of hydrogen-bond donors (Lipinski definition) is 0. The maximum Gasteiger partial charge on any atom is 0.142 e. The summed E-state index contributed by atoms with van der Waals surface area (Å²) in [7, 11) is 0. The van der Waals surface area contributed by atoms with E-state index in [9.17, 15) is 0 Å². The summed E-state index contributed by atoms with van der Waals surface area (Å²) >= 11 is 0. The summed E-state index contributed by atoms with van der Waals surface area (Å²) in [4.78, 5) is 8.61. The fourth-order valence-electron chi connectivity index (χ4n) is 6.53. The third-order valence-electron chi connectivity index (χ3n) is 7.64. The maximum atomic E-state index is 5.89. The average Bonchev–Trinajstić information content (AvgIpc) is 3.37. The fourth-order valence-corrected chi connectivity index (χ4v) is 6.53. The highest BCUT2D eigenvalue weighted by Crippen LogP contribution is 2.59. The Balaban J connectivity index is 1.31. The van der Waals surface area contributed by atoms with E-state index in [-0.39, 0.29) is 0 Å². The van der Waals surface area contributed by atoms with Gasteiger partial charge in [0, 0.05) is 18.4 Å². The minimum absolute atomic E-state index is 0.603. The highest BCUT2D eigenvalue weighted by molar-refractivity contribution is 5.92. The van der Waals surface area contributed by atoms with Gasteiger partial charge in [0.15, 0.2) is 0 Å². The first-order chi connectivity index (χ1) is 12.9. The SMILES string of the molecule is c1ccc(CO/N=C2/[C@H]3C[C@H]([C@@H]4CCC[C@@H]43)[C@H]2CN2CCCCC2)cc1. The van der Waals surface area contributed by atoms with Gasteiger partial charge in [-0.3, -0.25) is 0 Å². The van der Waals surface area contributed by atoms with Gasteiger partial charge < -0.3 is 9.74 Å². The van der Waals surface area contributed by atoms with Crippen LogP contribution in [-0.2, 0) is 11.4 Å². The van der Waals surface area contributed by atoms with Crippen molar-refractivity contribution in [1.29, 1.82) is 0 Å². The van der Waals surface area contributed by atoms with E-state index >= 15 is 0 Å². The topological polar surface area (TPSA) is 24.8 Å². The van der Waals surface area contributed by atoms with Crippen LogP contribution in [0.25, 0.3) is 0 Å². The fraction of sp³-hybridized carbons (Fsp3) is 0.696. The number of benzene rings is 1. The molecule has 0 N–H and O–H groups in total. The van der Waals surface area contributed by atoms with Gasteiger partial charge in [-0.1, -0.05) is 48.3 Å². The molecule has 0 radical (unpaired) electrons. The Bertz CT molecular complexity index is 637. The van der Waals surface area contributed by atoms with Gasteiger partial charge in [0.1, 0.15) is 6.61 Å². The summed E-state index contributed by atoms with van der Waals surface area (Å²) in [6.45, 7) is 4.42. The van der Waals surface area contributed by atoms with Crippen LogP contribution in [0.4, 0.5) is 0 Å². The third-order valence-corrected chi connectivity index (χ3v) is 7.64. The first-order valence-corrected chi connectivity index (χ1v) is 10.9. The lowest BCUT2D eigenvalue weighted by molar-refractivity contribution is 0.120. The van der Waals surface area contributed by atoms with Crippen molar-refractivity contribution >= 4 is 5.71 Å². The molecule has 0 amide bonds.